The minimum absolute atomic E-state index is 0. The van der Waals surface area contributed by atoms with Crippen molar-refractivity contribution in [2.45, 2.75) is 57.9 Å². The standard InChI is InChI=1S/C23H33N5OS.HI/c1-2-24-23(25-14-7-12-21-27-19-10-5-6-11-20(19)30-21)26-18-13-15-28(16-18)22(29)17-8-3-4-9-17;/h5-6,10-11,17-18H,2-4,7-9,12-16H2,1H3,(H2,24,25,26);1H. The van der Waals surface area contributed by atoms with E-state index in [9.17, 15) is 4.79 Å². The zero-order chi connectivity index (χ0) is 20.8. The van der Waals surface area contributed by atoms with E-state index in [4.69, 9.17) is 9.98 Å². The summed E-state index contributed by atoms with van der Waals surface area (Å²) in [6.07, 6.45) is 7.50. The van der Waals surface area contributed by atoms with E-state index < -0.39 is 0 Å². The zero-order valence-electron chi connectivity index (χ0n) is 18.3. The van der Waals surface area contributed by atoms with E-state index in [1.807, 2.05) is 6.07 Å². The highest BCUT2D eigenvalue weighted by atomic mass is 127. The number of carbonyl (C=O) groups is 1. The summed E-state index contributed by atoms with van der Waals surface area (Å²) in [6.45, 7) is 5.35. The molecule has 0 spiro atoms. The molecule has 1 aromatic heterocycles. The normalized spacial score (nSPS) is 19.6. The molecule has 1 aliphatic heterocycles. The van der Waals surface area contributed by atoms with Crippen LogP contribution in [0.2, 0.25) is 0 Å². The number of likely N-dealkylation sites (tertiary alicyclic amines) is 1. The maximum Gasteiger partial charge on any atom is 0.225 e. The van der Waals surface area contributed by atoms with Gasteiger partial charge in [0.1, 0.15) is 0 Å². The molecule has 4 rings (SSSR count). The van der Waals surface area contributed by atoms with E-state index in [-0.39, 0.29) is 35.9 Å². The lowest BCUT2D eigenvalue weighted by atomic mass is 10.1. The van der Waals surface area contributed by atoms with Crippen LogP contribution in [0.15, 0.2) is 29.3 Å². The number of halogens is 1. The smallest absolute Gasteiger partial charge is 0.225 e. The highest BCUT2D eigenvalue weighted by Crippen LogP contribution is 2.28. The van der Waals surface area contributed by atoms with Gasteiger partial charge in [-0.1, -0.05) is 25.0 Å². The molecule has 2 aromatic rings. The Kier molecular flexibility index (Phi) is 9.37. The van der Waals surface area contributed by atoms with Crippen LogP contribution in [0.1, 0.15) is 50.5 Å². The predicted molar refractivity (Wildman–Crippen MR) is 139 cm³/mol. The van der Waals surface area contributed by atoms with Crippen molar-refractivity contribution in [3.63, 3.8) is 0 Å². The van der Waals surface area contributed by atoms with Crippen LogP contribution in [0.25, 0.3) is 10.2 Å². The summed E-state index contributed by atoms with van der Waals surface area (Å²) in [5.74, 6) is 1.50. The minimum atomic E-state index is 0. The number of rotatable bonds is 7. The average molecular weight is 556 g/mol. The molecule has 1 aliphatic carbocycles. The Morgan fingerprint density at radius 3 is 2.84 bits per heavy atom. The van der Waals surface area contributed by atoms with E-state index >= 15 is 0 Å². The number of fused-ring (bicyclic) bond motifs is 1. The molecule has 31 heavy (non-hydrogen) atoms. The lowest BCUT2D eigenvalue weighted by molar-refractivity contribution is -0.134. The fourth-order valence-electron chi connectivity index (χ4n) is 4.47. The second kappa shape index (κ2) is 12.0. The summed E-state index contributed by atoms with van der Waals surface area (Å²) >= 11 is 1.78. The average Bonchev–Trinajstić information content (AvgIpc) is 3.51. The first-order valence-electron chi connectivity index (χ1n) is 11.4. The number of nitrogens with one attached hydrogen (secondary N) is 2. The van der Waals surface area contributed by atoms with Crippen molar-refractivity contribution < 1.29 is 4.79 Å². The molecule has 1 unspecified atom stereocenters. The lowest BCUT2D eigenvalue weighted by Crippen LogP contribution is -2.45. The van der Waals surface area contributed by atoms with Gasteiger partial charge in [-0.3, -0.25) is 9.79 Å². The second-order valence-corrected chi connectivity index (χ2v) is 9.45. The molecule has 1 saturated heterocycles. The van der Waals surface area contributed by atoms with Gasteiger partial charge in [-0.05, 0) is 44.7 Å². The Labute approximate surface area is 206 Å². The van der Waals surface area contributed by atoms with E-state index in [1.54, 1.807) is 11.3 Å². The number of hydrogen-bond donors (Lipinski definition) is 2. The molecule has 170 valence electrons. The van der Waals surface area contributed by atoms with Crippen LogP contribution in [0, 0.1) is 5.92 Å². The largest absolute Gasteiger partial charge is 0.357 e. The van der Waals surface area contributed by atoms with Gasteiger partial charge >= 0.3 is 0 Å². The van der Waals surface area contributed by atoms with Crippen LogP contribution >= 0.6 is 35.3 Å². The first-order chi connectivity index (χ1) is 14.7. The van der Waals surface area contributed by atoms with Gasteiger partial charge in [0.15, 0.2) is 5.96 Å². The van der Waals surface area contributed by atoms with Gasteiger partial charge in [0.05, 0.1) is 15.2 Å². The van der Waals surface area contributed by atoms with Crippen molar-refractivity contribution in [1.29, 1.82) is 0 Å². The summed E-state index contributed by atoms with van der Waals surface area (Å²) < 4.78 is 1.25. The Hall–Kier alpha value is -1.42. The number of hydrogen-bond acceptors (Lipinski definition) is 4. The third-order valence-electron chi connectivity index (χ3n) is 6.05. The van der Waals surface area contributed by atoms with Crippen molar-refractivity contribution in [1.82, 2.24) is 20.5 Å². The van der Waals surface area contributed by atoms with E-state index in [0.717, 1.165) is 69.8 Å². The van der Waals surface area contributed by atoms with Crippen LogP contribution in [-0.4, -0.2) is 54.0 Å². The highest BCUT2D eigenvalue weighted by molar-refractivity contribution is 14.0. The number of guanidine groups is 1. The highest BCUT2D eigenvalue weighted by Gasteiger charge is 2.32. The lowest BCUT2D eigenvalue weighted by Gasteiger charge is -2.21. The maximum atomic E-state index is 12.7. The van der Waals surface area contributed by atoms with Crippen molar-refractivity contribution in [2.24, 2.45) is 10.9 Å². The molecule has 1 amide bonds. The van der Waals surface area contributed by atoms with Gasteiger partial charge < -0.3 is 15.5 Å². The van der Waals surface area contributed by atoms with Gasteiger partial charge in [-0.15, -0.1) is 35.3 Å². The molecule has 0 radical (unpaired) electrons. The topological polar surface area (TPSA) is 69.6 Å². The molecule has 2 fully saturated rings. The first-order valence-corrected chi connectivity index (χ1v) is 12.2. The SMILES string of the molecule is CCNC(=NCCCc1nc2ccccc2s1)NC1CCN(C(=O)C2CCCC2)C1.I. The molecular weight excluding hydrogens is 521 g/mol. The summed E-state index contributed by atoms with van der Waals surface area (Å²) in [5.41, 5.74) is 1.09. The van der Waals surface area contributed by atoms with Crippen molar-refractivity contribution in [2.75, 3.05) is 26.2 Å². The summed E-state index contributed by atoms with van der Waals surface area (Å²) in [5, 5.41) is 8.08. The number of amides is 1. The monoisotopic (exact) mass is 555 g/mol. The van der Waals surface area contributed by atoms with Crippen LogP contribution < -0.4 is 10.6 Å². The van der Waals surface area contributed by atoms with E-state index in [1.165, 1.54) is 22.5 Å². The summed E-state index contributed by atoms with van der Waals surface area (Å²) in [7, 11) is 0. The number of aliphatic imine (C=N–C) groups is 1. The zero-order valence-corrected chi connectivity index (χ0v) is 21.5. The number of thiazole rings is 1. The van der Waals surface area contributed by atoms with Gasteiger partial charge in [-0.25, -0.2) is 4.98 Å². The number of benzene rings is 1. The number of nitrogens with zero attached hydrogens (tertiary/aromatic N) is 3. The molecule has 0 bridgehead atoms. The predicted octanol–water partition coefficient (Wildman–Crippen LogP) is 4.19. The Morgan fingerprint density at radius 1 is 1.26 bits per heavy atom. The molecule has 6 nitrogen and oxygen atoms in total. The molecule has 2 aliphatic rings. The number of carbonyl (C=O) groups excluding carboxylic acids is 1. The molecule has 2 heterocycles. The van der Waals surface area contributed by atoms with Crippen LogP contribution in [0.3, 0.4) is 0 Å². The molecule has 1 aromatic carbocycles. The number of para-hydroxylation sites is 1. The Balaban J connectivity index is 0.00000272. The van der Waals surface area contributed by atoms with Gasteiger partial charge in [0.2, 0.25) is 5.91 Å². The fourth-order valence-corrected chi connectivity index (χ4v) is 5.48. The van der Waals surface area contributed by atoms with Gasteiger partial charge in [-0.2, -0.15) is 0 Å². The van der Waals surface area contributed by atoms with Crippen LogP contribution in [0.5, 0.6) is 0 Å². The molecule has 1 saturated carbocycles. The van der Waals surface area contributed by atoms with Gasteiger partial charge in [0, 0.05) is 44.6 Å². The number of aryl methyl sites for hydroxylation is 1. The third-order valence-corrected chi connectivity index (χ3v) is 7.14. The Bertz CT molecular complexity index is 847. The minimum Gasteiger partial charge on any atom is -0.357 e. The summed E-state index contributed by atoms with van der Waals surface area (Å²) in [4.78, 5) is 24.2. The number of aromatic nitrogens is 1. The second-order valence-electron chi connectivity index (χ2n) is 8.34. The van der Waals surface area contributed by atoms with Gasteiger partial charge in [0.25, 0.3) is 0 Å². The van der Waals surface area contributed by atoms with Crippen molar-refractivity contribution >= 4 is 57.4 Å². The van der Waals surface area contributed by atoms with Crippen LogP contribution in [-0.2, 0) is 11.2 Å². The molecule has 1 atom stereocenters. The molecular formula is C23H34IN5OS. The molecule has 2 N–H and O–H groups in total. The van der Waals surface area contributed by atoms with Crippen molar-refractivity contribution in [3.05, 3.63) is 29.3 Å². The Morgan fingerprint density at radius 2 is 2.06 bits per heavy atom. The van der Waals surface area contributed by atoms with Crippen LogP contribution in [0.4, 0.5) is 0 Å². The van der Waals surface area contributed by atoms with Crippen molar-refractivity contribution in [3.8, 4) is 0 Å². The van der Waals surface area contributed by atoms with E-state index in [2.05, 4.69) is 40.7 Å². The fraction of sp³-hybridized carbons (Fsp3) is 0.609. The quantitative estimate of drug-likeness (QED) is 0.233. The van der Waals surface area contributed by atoms with E-state index in [0.29, 0.717) is 5.91 Å². The summed E-state index contributed by atoms with van der Waals surface area (Å²) in [6, 6.07) is 8.59. The third kappa shape index (κ3) is 6.54. The molecule has 8 heteroatoms. The maximum absolute atomic E-state index is 12.7. The first kappa shape index (κ1) is 24.2.